The zero-order valence-corrected chi connectivity index (χ0v) is 21.4. The number of ether oxygens (including phenoxy) is 1. The molecule has 0 saturated heterocycles. The number of alkyl carbamates (subject to hydrolysis) is 1. The Kier molecular flexibility index (Phi) is 9.07. The van der Waals surface area contributed by atoms with E-state index in [9.17, 15) is 9.90 Å². The van der Waals surface area contributed by atoms with Gasteiger partial charge in [-0.15, -0.1) is 0 Å². The lowest BCUT2D eigenvalue weighted by Gasteiger charge is -2.43. The van der Waals surface area contributed by atoms with Crippen molar-refractivity contribution in [3.63, 3.8) is 0 Å². The van der Waals surface area contributed by atoms with Crippen LogP contribution in [-0.2, 0) is 9.16 Å². The van der Waals surface area contributed by atoms with E-state index >= 15 is 0 Å². The van der Waals surface area contributed by atoms with Gasteiger partial charge in [0.2, 0.25) is 0 Å². The summed E-state index contributed by atoms with van der Waals surface area (Å²) in [4.78, 5) is 12.1. The van der Waals surface area contributed by atoms with Gasteiger partial charge in [0.15, 0.2) is 0 Å². The molecule has 6 heteroatoms. The Labute approximate surface area is 194 Å². The Bertz CT molecular complexity index is 789. The molecule has 1 atom stereocenters. The lowest BCUT2D eigenvalue weighted by molar-refractivity contribution is 0.0454. The normalized spacial score (nSPS) is 13.5. The van der Waals surface area contributed by atoms with Gasteiger partial charge in [-0.1, -0.05) is 81.4 Å². The largest absolute Gasteiger partial charge is 0.444 e. The van der Waals surface area contributed by atoms with Crippen LogP contribution < -0.4 is 15.7 Å². The first kappa shape index (κ1) is 26.1. The van der Waals surface area contributed by atoms with Gasteiger partial charge in [-0.3, -0.25) is 0 Å². The smallest absolute Gasteiger partial charge is 0.407 e. The molecule has 176 valence electrons. The maximum Gasteiger partial charge on any atom is 0.407 e. The van der Waals surface area contributed by atoms with Crippen LogP contribution in [0.2, 0.25) is 5.04 Å². The molecule has 0 saturated carbocycles. The first-order chi connectivity index (χ1) is 15.0. The second-order valence-corrected chi connectivity index (χ2v) is 14.5. The molecule has 2 aromatic rings. The molecule has 0 aliphatic heterocycles. The fourth-order valence-electron chi connectivity index (χ4n) is 3.97. The summed E-state index contributed by atoms with van der Waals surface area (Å²) in [5, 5.41) is 14.8. The Morgan fingerprint density at radius 1 is 0.938 bits per heavy atom. The van der Waals surface area contributed by atoms with Crippen molar-refractivity contribution in [2.75, 3.05) is 13.2 Å². The zero-order chi connectivity index (χ0) is 23.8. The Hall–Kier alpha value is -2.15. The van der Waals surface area contributed by atoms with Crippen molar-refractivity contribution in [2.24, 2.45) is 0 Å². The van der Waals surface area contributed by atoms with Crippen LogP contribution in [0.15, 0.2) is 60.7 Å². The minimum Gasteiger partial charge on any atom is -0.444 e. The molecule has 0 heterocycles. The monoisotopic (exact) mass is 457 g/mol. The molecule has 0 aliphatic carbocycles. The highest BCUT2D eigenvalue weighted by Gasteiger charge is 2.49. The number of benzene rings is 2. The number of hydrogen-bond acceptors (Lipinski definition) is 4. The van der Waals surface area contributed by atoms with Gasteiger partial charge in [0, 0.05) is 12.1 Å². The predicted molar refractivity (Wildman–Crippen MR) is 133 cm³/mol. The molecule has 0 aromatic heterocycles. The zero-order valence-electron chi connectivity index (χ0n) is 20.4. The summed E-state index contributed by atoms with van der Waals surface area (Å²) in [7, 11) is -2.58. The van der Waals surface area contributed by atoms with Crippen LogP contribution in [0.1, 0.15) is 54.4 Å². The topological polar surface area (TPSA) is 67.8 Å². The van der Waals surface area contributed by atoms with Crippen LogP contribution in [0.5, 0.6) is 0 Å². The molecule has 2 N–H and O–H groups in total. The summed E-state index contributed by atoms with van der Waals surface area (Å²) in [6.07, 6.45) is 0.148. The van der Waals surface area contributed by atoms with Crippen LogP contribution in [0.4, 0.5) is 4.79 Å². The molecule has 0 bridgehead atoms. The van der Waals surface area contributed by atoms with Gasteiger partial charge in [0.05, 0.1) is 6.61 Å². The van der Waals surface area contributed by atoms with Crippen LogP contribution in [-0.4, -0.2) is 44.4 Å². The SMILES string of the molecule is CC(C)(C)NC(=O)O[C@H](CO)CCCO[Si](c1ccccc1)(c1ccccc1)C(C)(C)C. The first-order valence-electron chi connectivity index (χ1n) is 11.3. The number of carbonyl (C=O) groups is 1. The summed E-state index contributed by atoms with van der Waals surface area (Å²) < 4.78 is 12.2. The van der Waals surface area contributed by atoms with E-state index in [1.165, 1.54) is 10.4 Å². The average Bonchev–Trinajstić information content (AvgIpc) is 2.72. The summed E-state index contributed by atoms with van der Waals surface area (Å²) in [6, 6.07) is 21.0. The van der Waals surface area contributed by atoms with Crippen molar-refractivity contribution >= 4 is 24.8 Å². The molecular weight excluding hydrogens is 418 g/mol. The Morgan fingerprint density at radius 3 is 1.84 bits per heavy atom. The average molecular weight is 458 g/mol. The van der Waals surface area contributed by atoms with Crippen molar-refractivity contribution < 1.29 is 19.1 Å². The molecule has 2 aromatic carbocycles. The van der Waals surface area contributed by atoms with Gasteiger partial charge in [-0.2, -0.15) is 0 Å². The molecule has 1 amide bonds. The van der Waals surface area contributed by atoms with Crippen LogP contribution in [0.25, 0.3) is 0 Å². The number of hydrogen-bond donors (Lipinski definition) is 2. The Balaban J connectivity index is 2.15. The van der Waals surface area contributed by atoms with Crippen LogP contribution >= 0.6 is 0 Å². The van der Waals surface area contributed by atoms with Gasteiger partial charge in [0.1, 0.15) is 6.10 Å². The lowest BCUT2D eigenvalue weighted by atomic mass is 10.1. The first-order valence-corrected chi connectivity index (χ1v) is 13.2. The van der Waals surface area contributed by atoms with Gasteiger partial charge in [-0.05, 0) is 49.0 Å². The lowest BCUT2D eigenvalue weighted by Crippen LogP contribution is -2.66. The number of aliphatic hydroxyl groups excluding tert-OH is 1. The minimum atomic E-state index is -2.58. The quantitative estimate of drug-likeness (QED) is 0.437. The molecule has 32 heavy (non-hydrogen) atoms. The minimum absolute atomic E-state index is 0.0881. The molecule has 2 rings (SSSR count). The summed E-state index contributed by atoms with van der Waals surface area (Å²) in [5.41, 5.74) is -0.385. The van der Waals surface area contributed by atoms with E-state index in [0.717, 1.165) is 0 Å². The van der Waals surface area contributed by atoms with Crippen molar-refractivity contribution in [2.45, 2.75) is 71.1 Å². The summed E-state index contributed by atoms with van der Waals surface area (Å²) >= 11 is 0. The summed E-state index contributed by atoms with van der Waals surface area (Å²) in [6.45, 7) is 12.7. The van der Waals surface area contributed by atoms with E-state index < -0.39 is 20.5 Å². The van der Waals surface area contributed by atoms with E-state index in [0.29, 0.717) is 19.4 Å². The molecular formula is C26H39NO4Si. The highest BCUT2D eigenvalue weighted by Crippen LogP contribution is 2.36. The number of carbonyl (C=O) groups excluding carboxylic acids is 1. The van der Waals surface area contributed by atoms with E-state index in [1.807, 2.05) is 32.9 Å². The number of nitrogens with one attached hydrogen (secondary N) is 1. The van der Waals surface area contributed by atoms with Crippen LogP contribution in [0, 0.1) is 0 Å². The maximum absolute atomic E-state index is 12.1. The Morgan fingerprint density at radius 2 is 1.44 bits per heavy atom. The fraction of sp³-hybridized carbons (Fsp3) is 0.500. The standard InChI is InChI=1S/C26H39NO4Si/c1-25(2,3)27-24(29)31-21(20-28)14-13-19-30-32(26(4,5)6,22-15-9-7-10-16-22)23-17-11-8-12-18-23/h7-12,15-18,21,28H,13-14,19-20H2,1-6H3,(H,27,29)/t21-/m0/s1. The van der Waals surface area contributed by atoms with Crippen molar-refractivity contribution in [1.29, 1.82) is 0 Å². The highest BCUT2D eigenvalue weighted by molar-refractivity contribution is 6.99. The van der Waals surface area contributed by atoms with Crippen molar-refractivity contribution in [3.8, 4) is 0 Å². The van der Waals surface area contributed by atoms with E-state index in [2.05, 4.69) is 74.6 Å². The third kappa shape index (κ3) is 6.92. The molecule has 5 nitrogen and oxygen atoms in total. The second-order valence-electron chi connectivity index (χ2n) is 10.2. The molecule has 0 radical (unpaired) electrons. The van der Waals surface area contributed by atoms with Gasteiger partial charge < -0.3 is 19.6 Å². The van der Waals surface area contributed by atoms with Crippen LogP contribution in [0.3, 0.4) is 0 Å². The number of aliphatic hydroxyl groups is 1. The van der Waals surface area contributed by atoms with E-state index in [1.54, 1.807) is 0 Å². The highest BCUT2D eigenvalue weighted by atomic mass is 28.4. The predicted octanol–water partition coefficient (Wildman–Crippen LogP) is 4.23. The van der Waals surface area contributed by atoms with Gasteiger partial charge >= 0.3 is 6.09 Å². The van der Waals surface area contributed by atoms with Crippen molar-refractivity contribution in [1.82, 2.24) is 5.32 Å². The number of rotatable bonds is 9. The van der Waals surface area contributed by atoms with Gasteiger partial charge in [-0.25, -0.2) is 4.79 Å². The third-order valence-electron chi connectivity index (χ3n) is 5.36. The fourth-order valence-corrected chi connectivity index (χ4v) is 8.58. The van der Waals surface area contributed by atoms with Crippen molar-refractivity contribution in [3.05, 3.63) is 60.7 Å². The molecule has 0 unspecified atom stereocenters. The molecule has 0 aliphatic rings. The van der Waals surface area contributed by atoms with E-state index in [4.69, 9.17) is 9.16 Å². The summed E-state index contributed by atoms with van der Waals surface area (Å²) in [5.74, 6) is 0. The van der Waals surface area contributed by atoms with E-state index in [-0.39, 0.29) is 17.2 Å². The second kappa shape index (κ2) is 11.1. The molecule has 0 fully saturated rings. The number of amides is 1. The molecule has 0 spiro atoms. The third-order valence-corrected chi connectivity index (χ3v) is 10.4. The van der Waals surface area contributed by atoms with Gasteiger partial charge in [0.25, 0.3) is 8.32 Å². The maximum atomic E-state index is 12.1.